The Balaban J connectivity index is 1.36. The van der Waals surface area contributed by atoms with Crippen LogP contribution in [0.5, 0.6) is 11.6 Å². The summed E-state index contributed by atoms with van der Waals surface area (Å²) >= 11 is 0. The first-order valence-corrected chi connectivity index (χ1v) is 14.5. The van der Waals surface area contributed by atoms with Crippen LogP contribution >= 0.6 is 0 Å². The number of nitrogens with one attached hydrogen (secondary N) is 1. The molecule has 1 N–H and O–H groups in total. The van der Waals surface area contributed by atoms with Crippen molar-refractivity contribution in [3.05, 3.63) is 104 Å². The number of amides is 2. The Bertz CT molecular complexity index is 1930. The lowest BCUT2D eigenvalue weighted by Crippen LogP contribution is -2.42. The summed E-state index contributed by atoms with van der Waals surface area (Å²) in [5.41, 5.74) is -1.69. The van der Waals surface area contributed by atoms with Crippen molar-refractivity contribution >= 4 is 17.7 Å². The van der Waals surface area contributed by atoms with Gasteiger partial charge in [0.05, 0.1) is 23.6 Å². The first-order chi connectivity index (χ1) is 21.7. The molecule has 0 unspecified atom stereocenters. The molecular weight excluding hydrogens is 602 g/mol. The lowest BCUT2D eigenvalue weighted by molar-refractivity contribution is 0.0219. The van der Waals surface area contributed by atoms with E-state index in [0.717, 1.165) is 29.0 Å². The molecule has 4 aromatic rings. The van der Waals surface area contributed by atoms with Crippen LogP contribution < -0.4 is 21.3 Å². The molecule has 0 atom stereocenters. The maximum Gasteiger partial charge on any atom is 0.410 e. The Morgan fingerprint density at radius 3 is 2.39 bits per heavy atom. The number of halogens is 2. The minimum atomic E-state index is -0.956. The number of benzene rings is 2. The molecule has 14 heteroatoms. The number of hydrogen-bond acceptors (Lipinski definition) is 8. The van der Waals surface area contributed by atoms with E-state index < -0.39 is 52.1 Å². The van der Waals surface area contributed by atoms with Crippen LogP contribution in [0.25, 0.3) is 5.69 Å². The van der Waals surface area contributed by atoms with Crippen LogP contribution in [-0.4, -0.2) is 48.1 Å². The van der Waals surface area contributed by atoms with Gasteiger partial charge < -0.3 is 19.7 Å². The maximum atomic E-state index is 15.2. The molecule has 0 saturated carbocycles. The molecule has 5 rings (SSSR count). The van der Waals surface area contributed by atoms with E-state index in [1.165, 1.54) is 40.1 Å². The van der Waals surface area contributed by atoms with E-state index in [1.807, 2.05) is 0 Å². The van der Waals surface area contributed by atoms with E-state index >= 15 is 4.39 Å². The highest BCUT2D eigenvalue weighted by atomic mass is 19.1. The molecule has 2 aromatic heterocycles. The predicted molar refractivity (Wildman–Crippen MR) is 163 cm³/mol. The Morgan fingerprint density at radius 1 is 1.02 bits per heavy atom. The maximum absolute atomic E-state index is 15.2. The van der Waals surface area contributed by atoms with Gasteiger partial charge >= 0.3 is 11.8 Å². The van der Waals surface area contributed by atoms with E-state index in [-0.39, 0.29) is 29.5 Å². The highest BCUT2D eigenvalue weighted by Gasteiger charge is 2.29. The van der Waals surface area contributed by atoms with Crippen molar-refractivity contribution in [3.8, 4) is 17.3 Å². The first kappa shape index (κ1) is 32.0. The second-order valence-corrected chi connectivity index (χ2v) is 11.9. The summed E-state index contributed by atoms with van der Waals surface area (Å²) in [6, 6.07) is 7.94. The minimum absolute atomic E-state index is 0.0672. The predicted octanol–water partition coefficient (Wildman–Crippen LogP) is 4.99. The Hall–Kier alpha value is -5.40. The van der Waals surface area contributed by atoms with Crippen LogP contribution in [0.15, 0.2) is 64.6 Å². The van der Waals surface area contributed by atoms with Gasteiger partial charge in [-0.1, -0.05) is 0 Å². The lowest BCUT2D eigenvalue weighted by atomic mass is 10.1. The van der Waals surface area contributed by atoms with Crippen LogP contribution in [0.1, 0.15) is 62.3 Å². The van der Waals surface area contributed by atoms with Gasteiger partial charge in [-0.2, -0.15) is 0 Å². The fourth-order valence-electron chi connectivity index (χ4n) is 4.77. The summed E-state index contributed by atoms with van der Waals surface area (Å²) in [7, 11) is 0. The first-order valence-electron chi connectivity index (χ1n) is 14.5. The average Bonchev–Trinajstić information content (AvgIpc) is 2.98. The largest absolute Gasteiger partial charge is 0.444 e. The molecule has 0 saturated heterocycles. The van der Waals surface area contributed by atoms with Gasteiger partial charge in [-0.05, 0) is 77.4 Å². The molecule has 2 amide bonds. The molecule has 0 aliphatic carbocycles. The molecule has 0 spiro atoms. The van der Waals surface area contributed by atoms with Crippen LogP contribution in [0.4, 0.5) is 19.3 Å². The van der Waals surface area contributed by atoms with Crippen molar-refractivity contribution in [1.29, 1.82) is 0 Å². The van der Waals surface area contributed by atoms with Crippen molar-refractivity contribution in [1.82, 2.24) is 24.0 Å². The van der Waals surface area contributed by atoms with E-state index in [9.17, 15) is 23.6 Å². The topological polar surface area (TPSA) is 138 Å². The van der Waals surface area contributed by atoms with Gasteiger partial charge in [-0.3, -0.25) is 14.2 Å². The molecular formula is C32H32F2N6O6. The van der Waals surface area contributed by atoms with Crippen molar-refractivity contribution < 1.29 is 27.8 Å². The van der Waals surface area contributed by atoms with Gasteiger partial charge in [0.1, 0.15) is 34.9 Å². The quantitative estimate of drug-likeness (QED) is 0.313. The molecule has 2 aromatic carbocycles. The molecule has 1 aliphatic heterocycles. The van der Waals surface area contributed by atoms with Crippen LogP contribution in [0.3, 0.4) is 0 Å². The number of anilines is 1. The summed E-state index contributed by atoms with van der Waals surface area (Å²) in [6.45, 7) is 9.26. The van der Waals surface area contributed by atoms with Crippen LogP contribution in [0.2, 0.25) is 0 Å². The zero-order valence-electron chi connectivity index (χ0n) is 25.8. The summed E-state index contributed by atoms with van der Waals surface area (Å²) < 4.78 is 42.0. The molecule has 46 heavy (non-hydrogen) atoms. The number of carbonyl (C=O) groups is 2. The van der Waals surface area contributed by atoms with Crippen molar-refractivity contribution in [2.75, 3.05) is 11.9 Å². The standard InChI is InChI=1S/C32H32F2N6O6/c1-18(2)39-15-23(29(42)40(30(39)43)20-8-6-19(33)7-9-20)27(41)37-25-11-10-21(14-24(25)34)45-28-22-12-13-38(16-26(22)35-17-36-28)31(44)46-32(3,4)5/h6-11,14-15,17-18H,12-13,16H2,1-5H3,(H,37,41). The number of hydrogen-bond donors (Lipinski definition) is 1. The van der Waals surface area contributed by atoms with Crippen molar-refractivity contribution in [3.63, 3.8) is 0 Å². The van der Waals surface area contributed by atoms with E-state index in [0.29, 0.717) is 24.2 Å². The van der Waals surface area contributed by atoms with E-state index in [4.69, 9.17) is 9.47 Å². The van der Waals surface area contributed by atoms with Gasteiger partial charge in [-0.25, -0.2) is 32.9 Å². The van der Waals surface area contributed by atoms with Gasteiger partial charge in [0.25, 0.3) is 11.5 Å². The Morgan fingerprint density at radius 2 is 1.74 bits per heavy atom. The third kappa shape index (κ3) is 6.80. The molecule has 0 radical (unpaired) electrons. The fourth-order valence-corrected chi connectivity index (χ4v) is 4.77. The number of rotatable bonds is 6. The van der Waals surface area contributed by atoms with Crippen molar-refractivity contribution in [2.24, 2.45) is 0 Å². The van der Waals surface area contributed by atoms with E-state index in [1.54, 1.807) is 34.6 Å². The molecule has 1 aliphatic rings. The Labute approximate surface area is 262 Å². The van der Waals surface area contributed by atoms with Crippen LogP contribution in [-0.2, 0) is 17.7 Å². The van der Waals surface area contributed by atoms with Gasteiger partial charge in [0.15, 0.2) is 0 Å². The monoisotopic (exact) mass is 634 g/mol. The smallest absolute Gasteiger partial charge is 0.410 e. The highest BCUT2D eigenvalue weighted by molar-refractivity contribution is 6.04. The number of nitrogens with zero attached hydrogens (tertiary/aromatic N) is 5. The molecule has 12 nitrogen and oxygen atoms in total. The molecule has 3 heterocycles. The molecule has 0 fully saturated rings. The van der Waals surface area contributed by atoms with E-state index in [2.05, 4.69) is 15.3 Å². The second-order valence-electron chi connectivity index (χ2n) is 11.9. The Kier molecular flexibility index (Phi) is 8.72. The van der Waals surface area contributed by atoms with Gasteiger partial charge in [0, 0.05) is 30.4 Å². The third-order valence-electron chi connectivity index (χ3n) is 7.02. The average molecular weight is 635 g/mol. The molecule has 0 bridgehead atoms. The second kappa shape index (κ2) is 12.5. The number of fused-ring (bicyclic) bond motifs is 1. The molecule has 240 valence electrons. The number of carbonyl (C=O) groups excluding carboxylic acids is 2. The zero-order valence-corrected chi connectivity index (χ0v) is 25.8. The summed E-state index contributed by atoms with van der Waals surface area (Å²) in [5.74, 6) is -2.11. The summed E-state index contributed by atoms with van der Waals surface area (Å²) in [6.07, 6.45) is 2.32. The van der Waals surface area contributed by atoms with Crippen LogP contribution in [0, 0.1) is 11.6 Å². The van der Waals surface area contributed by atoms with Gasteiger partial charge in [0.2, 0.25) is 5.88 Å². The van der Waals surface area contributed by atoms with Crippen molar-refractivity contribution in [2.45, 2.75) is 59.2 Å². The highest BCUT2D eigenvalue weighted by Crippen LogP contribution is 2.30. The third-order valence-corrected chi connectivity index (χ3v) is 7.02. The van der Waals surface area contributed by atoms with Gasteiger partial charge in [-0.15, -0.1) is 0 Å². The number of ether oxygens (including phenoxy) is 2. The minimum Gasteiger partial charge on any atom is -0.444 e. The normalized spacial score (nSPS) is 12.9. The zero-order chi connectivity index (χ0) is 33.3. The number of aromatic nitrogens is 4. The summed E-state index contributed by atoms with van der Waals surface area (Å²) in [4.78, 5) is 62.1. The fraction of sp³-hybridized carbons (Fsp3) is 0.312. The lowest BCUT2D eigenvalue weighted by Gasteiger charge is -2.30. The summed E-state index contributed by atoms with van der Waals surface area (Å²) in [5, 5.41) is 2.38. The SMILES string of the molecule is CC(C)n1cc(C(=O)Nc2ccc(Oc3ncnc4c3CCN(C(=O)OC(C)(C)C)C4)cc2F)c(=O)n(-c2ccc(F)cc2)c1=O.